The van der Waals surface area contributed by atoms with Gasteiger partial charge in [-0.25, -0.2) is 4.79 Å². The number of aliphatic hydroxyl groups is 2. The second-order valence-electron chi connectivity index (χ2n) is 11.9. The quantitative estimate of drug-likeness (QED) is 0.0974. The van der Waals surface area contributed by atoms with E-state index in [0.717, 1.165) is 22.0 Å². The number of esters is 1. The van der Waals surface area contributed by atoms with Crippen LogP contribution in [0.15, 0.2) is 65.9 Å². The fourth-order valence-electron chi connectivity index (χ4n) is 5.01. The molecule has 5 atom stereocenters. The first-order valence-corrected chi connectivity index (χ1v) is 14.7. The Morgan fingerprint density at radius 3 is 2.22 bits per heavy atom. The predicted octanol–water partition coefficient (Wildman–Crippen LogP) is 2.27. The topological polar surface area (TPSA) is 172 Å². The number of rotatable bonds is 15. The Morgan fingerprint density at radius 1 is 0.933 bits per heavy atom. The van der Waals surface area contributed by atoms with Crippen LogP contribution in [0.5, 0.6) is 0 Å². The number of carbonyl (C=O) groups is 3. The highest BCUT2D eigenvalue weighted by atomic mass is 16.6. The minimum Gasteiger partial charge on any atom is -0.467 e. The summed E-state index contributed by atoms with van der Waals surface area (Å²) >= 11 is 0. The monoisotopic (exact) mass is 624 g/mol. The highest BCUT2D eigenvalue weighted by molar-refractivity contribution is 5.94. The van der Waals surface area contributed by atoms with Gasteiger partial charge in [0.2, 0.25) is 5.91 Å². The molecule has 2 aromatic carbocycles. The average Bonchev–Trinajstić information content (AvgIpc) is 3.41. The van der Waals surface area contributed by atoms with Gasteiger partial charge in [0, 0.05) is 37.1 Å². The largest absolute Gasteiger partial charge is 0.467 e. The number of aromatic amines is 1. The van der Waals surface area contributed by atoms with Crippen LogP contribution in [0.25, 0.3) is 10.9 Å². The van der Waals surface area contributed by atoms with Gasteiger partial charge in [0.05, 0.1) is 13.2 Å². The summed E-state index contributed by atoms with van der Waals surface area (Å²) in [5.41, 5.74) is 1.98. The molecule has 0 radical (unpaired) electrons. The molecule has 0 aliphatic carbocycles. The first kappa shape index (κ1) is 35.2. The number of methoxy groups -OCH3 is 2. The normalized spacial score (nSPS) is 15.4. The van der Waals surface area contributed by atoms with Crippen LogP contribution < -0.4 is 10.6 Å². The van der Waals surface area contributed by atoms with Gasteiger partial charge in [0.25, 0.3) is 5.91 Å². The van der Waals surface area contributed by atoms with Crippen molar-refractivity contribution in [1.29, 1.82) is 0 Å². The Morgan fingerprint density at radius 2 is 1.60 bits per heavy atom. The molecule has 12 nitrogen and oxygen atoms in total. The van der Waals surface area contributed by atoms with Crippen LogP contribution in [0.3, 0.4) is 0 Å². The van der Waals surface area contributed by atoms with Gasteiger partial charge >= 0.3 is 5.97 Å². The second kappa shape index (κ2) is 16.2. The summed E-state index contributed by atoms with van der Waals surface area (Å²) in [6.45, 7) is 6.40. The van der Waals surface area contributed by atoms with E-state index in [1.54, 1.807) is 6.20 Å². The summed E-state index contributed by atoms with van der Waals surface area (Å²) in [6.07, 6.45) is -1.23. The van der Waals surface area contributed by atoms with E-state index < -0.39 is 60.2 Å². The molecule has 45 heavy (non-hydrogen) atoms. The van der Waals surface area contributed by atoms with E-state index in [0.29, 0.717) is 0 Å². The zero-order chi connectivity index (χ0) is 33.1. The van der Waals surface area contributed by atoms with Gasteiger partial charge in [-0.15, -0.1) is 0 Å². The van der Waals surface area contributed by atoms with E-state index in [-0.39, 0.29) is 18.6 Å². The molecule has 0 saturated carbocycles. The van der Waals surface area contributed by atoms with E-state index in [2.05, 4.69) is 20.8 Å². The number of oxime groups is 1. The lowest BCUT2D eigenvalue weighted by atomic mass is 9.83. The van der Waals surface area contributed by atoms with Gasteiger partial charge in [0.15, 0.2) is 6.61 Å². The van der Waals surface area contributed by atoms with Crippen LogP contribution in [-0.2, 0) is 41.5 Å². The molecule has 0 aliphatic heterocycles. The van der Waals surface area contributed by atoms with Crippen molar-refractivity contribution in [2.45, 2.75) is 70.9 Å². The SMILES string of the molecule is COC(=O)C(Cc1c[nH]c2ccccc12)NC(=O)[C@H](Cc1ccccc1)NC(=O)CO/N=C(\[C@@H](O)[C@@H](C)O)[C@@H](OC)C(C)(C)C. The number of benzene rings is 2. The number of aromatic nitrogens is 1. The van der Waals surface area contributed by atoms with E-state index in [4.69, 9.17) is 14.3 Å². The molecule has 0 bridgehead atoms. The Balaban J connectivity index is 1.78. The average molecular weight is 625 g/mol. The molecule has 0 spiro atoms. The number of para-hydroxylation sites is 1. The maximum atomic E-state index is 13.6. The lowest BCUT2D eigenvalue weighted by Gasteiger charge is -2.32. The van der Waals surface area contributed by atoms with E-state index in [9.17, 15) is 24.6 Å². The molecule has 1 aromatic heterocycles. The third kappa shape index (κ3) is 9.87. The highest BCUT2D eigenvalue weighted by Gasteiger charge is 2.36. The molecule has 3 aromatic rings. The fraction of sp³-hybridized carbons (Fsp3) is 0.455. The molecule has 2 amide bonds. The van der Waals surface area contributed by atoms with Crippen molar-refractivity contribution in [2.24, 2.45) is 10.6 Å². The van der Waals surface area contributed by atoms with E-state index in [1.807, 2.05) is 75.4 Å². The standard InChI is InChI=1S/C33H44N4O8/c1-20(38)29(40)28(30(43-5)33(2,3)4)37-45-19-27(39)35-25(16-21-12-8-7-9-13-21)31(41)36-26(32(42)44-6)17-22-18-34-24-15-11-10-14-23(22)24/h7-15,18,20,25-26,29-30,34,38,40H,16-17,19H2,1-6H3,(H,35,39)(H,36,41)/b37-28+/t20-,25+,26?,29+,30-/m1/s1. The fourth-order valence-corrected chi connectivity index (χ4v) is 5.01. The van der Waals surface area contributed by atoms with Crippen LogP contribution in [-0.4, -0.2) is 89.9 Å². The molecule has 1 unspecified atom stereocenters. The Kier molecular flexibility index (Phi) is 12.7. The third-order valence-electron chi connectivity index (χ3n) is 7.25. The van der Waals surface area contributed by atoms with Crippen LogP contribution in [0, 0.1) is 5.41 Å². The van der Waals surface area contributed by atoms with Crippen molar-refractivity contribution in [1.82, 2.24) is 15.6 Å². The number of H-pyrrole nitrogens is 1. The van der Waals surface area contributed by atoms with Gasteiger partial charge in [-0.05, 0) is 29.5 Å². The van der Waals surface area contributed by atoms with E-state index >= 15 is 0 Å². The van der Waals surface area contributed by atoms with Crippen molar-refractivity contribution in [3.8, 4) is 0 Å². The summed E-state index contributed by atoms with van der Waals surface area (Å²) in [4.78, 5) is 47.8. The van der Waals surface area contributed by atoms with Crippen molar-refractivity contribution < 1.29 is 38.9 Å². The van der Waals surface area contributed by atoms with Crippen LogP contribution in [0.2, 0.25) is 0 Å². The zero-order valence-electron chi connectivity index (χ0n) is 26.6. The Labute approximate surface area is 263 Å². The van der Waals surface area contributed by atoms with Crippen molar-refractivity contribution in [2.75, 3.05) is 20.8 Å². The number of fused-ring (bicyclic) bond motifs is 1. The smallest absolute Gasteiger partial charge is 0.328 e. The van der Waals surface area contributed by atoms with Crippen LogP contribution >= 0.6 is 0 Å². The Hall–Kier alpha value is -4.26. The lowest BCUT2D eigenvalue weighted by Crippen LogP contribution is -2.53. The summed E-state index contributed by atoms with van der Waals surface area (Å²) in [5.74, 6) is -1.90. The highest BCUT2D eigenvalue weighted by Crippen LogP contribution is 2.25. The van der Waals surface area contributed by atoms with Crippen LogP contribution in [0.4, 0.5) is 0 Å². The number of nitrogens with zero attached hydrogens (tertiary/aromatic N) is 1. The Bertz CT molecular complexity index is 1450. The number of hydrogen-bond donors (Lipinski definition) is 5. The van der Waals surface area contributed by atoms with Gasteiger partial charge in [-0.2, -0.15) is 0 Å². The summed E-state index contributed by atoms with van der Waals surface area (Å²) in [7, 11) is 2.69. The number of amides is 2. The third-order valence-corrected chi connectivity index (χ3v) is 7.25. The van der Waals surface area contributed by atoms with E-state index in [1.165, 1.54) is 21.1 Å². The van der Waals surface area contributed by atoms with Crippen molar-refractivity contribution in [3.05, 3.63) is 71.9 Å². The first-order valence-electron chi connectivity index (χ1n) is 14.7. The molecule has 5 N–H and O–H groups in total. The number of nitrogens with one attached hydrogen (secondary N) is 3. The van der Waals surface area contributed by atoms with Gasteiger partial charge in [0.1, 0.15) is 30.0 Å². The lowest BCUT2D eigenvalue weighted by molar-refractivity contribution is -0.145. The molecule has 1 heterocycles. The summed E-state index contributed by atoms with van der Waals surface area (Å²) in [5, 5.41) is 30.8. The summed E-state index contributed by atoms with van der Waals surface area (Å²) < 4.78 is 10.5. The van der Waals surface area contributed by atoms with Crippen molar-refractivity contribution >= 4 is 34.4 Å². The number of carbonyl (C=O) groups excluding carboxylic acids is 3. The van der Waals surface area contributed by atoms with Gasteiger partial charge in [-0.1, -0.05) is 74.5 Å². The minimum atomic E-state index is -1.40. The minimum absolute atomic E-state index is 0.0181. The maximum Gasteiger partial charge on any atom is 0.328 e. The molecule has 3 rings (SSSR count). The van der Waals surface area contributed by atoms with Crippen molar-refractivity contribution in [3.63, 3.8) is 0 Å². The number of hydrogen-bond acceptors (Lipinski definition) is 9. The molecule has 0 saturated heterocycles. The number of ether oxygens (including phenoxy) is 2. The predicted molar refractivity (Wildman–Crippen MR) is 169 cm³/mol. The number of aliphatic hydroxyl groups excluding tert-OH is 2. The maximum absolute atomic E-state index is 13.6. The molecular weight excluding hydrogens is 580 g/mol. The molecule has 0 fully saturated rings. The first-order chi connectivity index (χ1) is 21.3. The second-order valence-corrected chi connectivity index (χ2v) is 11.9. The molecule has 244 valence electrons. The van der Waals surface area contributed by atoms with Gasteiger partial charge in [-0.3, -0.25) is 9.59 Å². The van der Waals surface area contributed by atoms with Gasteiger partial charge < -0.3 is 40.1 Å². The zero-order valence-corrected chi connectivity index (χ0v) is 26.6. The molecule has 0 aliphatic rings. The van der Waals surface area contributed by atoms with Crippen LogP contribution in [0.1, 0.15) is 38.8 Å². The summed E-state index contributed by atoms with van der Waals surface area (Å²) in [6, 6.07) is 14.6. The molecule has 12 heteroatoms. The molecular formula is C33H44N4O8.